The molecular weight excluding hydrogens is 338 g/mol. The molecule has 1 aromatic carbocycles. The highest BCUT2D eigenvalue weighted by Gasteiger charge is 2.33. The molecule has 1 N–H and O–H groups in total. The lowest BCUT2D eigenvalue weighted by Gasteiger charge is -2.26. The fourth-order valence-electron chi connectivity index (χ4n) is 3.15. The van der Waals surface area contributed by atoms with E-state index in [1.54, 1.807) is 6.07 Å². The normalized spacial score (nSPS) is 14.7. The molecule has 0 aliphatic carbocycles. The second-order valence-electron chi connectivity index (χ2n) is 6.36. The van der Waals surface area contributed by atoms with E-state index in [-0.39, 0.29) is 18.9 Å². The first-order valence-electron chi connectivity index (χ1n) is 8.07. The first-order valence-corrected chi connectivity index (χ1v) is 9.51. The van der Waals surface area contributed by atoms with Crippen LogP contribution in [0.4, 0.5) is 11.4 Å². The maximum atomic E-state index is 13.5. The minimum absolute atomic E-state index is 0.0821. The molecule has 1 aliphatic heterocycles. The maximum Gasteiger partial charge on any atom is 0.265 e. The highest BCUT2D eigenvalue weighted by atomic mass is 32.2. The third-order valence-corrected chi connectivity index (χ3v) is 6.82. The number of rotatable bonds is 2. The van der Waals surface area contributed by atoms with Gasteiger partial charge in [0.15, 0.2) is 0 Å². The number of amides is 1. The summed E-state index contributed by atoms with van der Waals surface area (Å²) in [4.78, 5) is 16.3. The van der Waals surface area contributed by atoms with E-state index < -0.39 is 10.0 Å². The van der Waals surface area contributed by atoms with Crippen molar-refractivity contribution >= 4 is 27.3 Å². The number of aromatic nitrogens is 1. The standard InChI is InChI=1S/C18H21N3O3S/c1-11-9-12(2)14(4)18(13(11)3)25(23,24)21-8-6-17(22)20-15-5-7-19-10-16(15)21/h5,7,9-10H,6,8H2,1-4H3,(H,20,22). The first kappa shape index (κ1) is 17.4. The van der Waals surface area contributed by atoms with Gasteiger partial charge in [0.2, 0.25) is 5.91 Å². The Kier molecular flexibility index (Phi) is 4.28. The first-order chi connectivity index (χ1) is 11.7. The van der Waals surface area contributed by atoms with Crippen LogP contribution in [0.2, 0.25) is 0 Å². The highest BCUT2D eigenvalue weighted by Crippen LogP contribution is 2.35. The van der Waals surface area contributed by atoms with Crippen LogP contribution in [0.5, 0.6) is 0 Å². The lowest BCUT2D eigenvalue weighted by Crippen LogP contribution is -2.33. The smallest absolute Gasteiger partial charge is 0.265 e. The van der Waals surface area contributed by atoms with Gasteiger partial charge in [-0.15, -0.1) is 0 Å². The zero-order valence-corrected chi connectivity index (χ0v) is 15.6. The minimum Gasteiger partial charge on any atom is -0.324 e. The van der Waals surface area contributed by atoms with Gasteiger partial charge in [-0.25, -0.2) is 8.42 Å². The summed E-state index contributed by atoms with van der Waals surface area (Å²) >= 11 is 0. The number of carbonyl (C=O) groups excluding carboxylic acids is 1. The van der Waals surface area contributed by atoms with Crippen LogP contribution in [-0.2, 0) is 14.8 Å². The lowest BCUT2D eigenvalue weighted by atomic mass is 10.0. The van der Waals surface area contributed by atoms with E-state index in [2.05, 4.69) is 10.3 Å². The van der Waals surface area contributed by atoms with Crippen molar-refractivity contribution in [1.82, 2.24) is 4.98 Å². The molecule has 0 saturated heterocycles. The Bertz CT molecular complexity index is 942. The zero-order valence-electron chi connectivity index (χ0n) is 14.8. The molecule has 0 fully saturated rings. The fourth-order valence-corrected chi connectivity index (χ4v) is 5.21. The summed E-state index contributed by atoms with van der Waals surface area (Å²) < 4.78 is 28.3. The third-order valence-electron chi connectivity index (χ3n) is 4.73. The Morgan fingerprint density at radius 3 is 2.40 bits per heavy atom. The van der Waals surface area contributed by atoms with Crippen LogP contribution in [0.1, 0.15) is 28.7 Å². The topological polar surface area (TPSA) is 79.4 Å². The molecule has 7 heteroatoms. The highest BCUT2D eigenvalue weighted by molar-refractivity contribution is 7.93. The Morgan fingerprint density at radius 2 is 1.76 bits per heavy atom. The monoisotopic (exact) mass is 359 g/mol. The molecule has 0 spiro atoms. The molecule has 0 radical (unpaired) electrons. The Balaban J connectivity index is 2.24. The number of aryl methyl sites for hydroxylation is 2. The summed E-state index contributed by atoms with van der Waals surface area (Å²) in [6.07, 6.45) is 3.10. The number of pyridine rings is 1. The number of hydrogen-bond donors (Lipinski definition) is 1. The van der Waals surface area contributed by atoms with Crippen LogP contribution in [0.15, 0.2) is 29.4 Å². The summed E-state index contributed by atoms with van der Waals surface area (Å²) in [5.74, 6) is -0.209. The number of benzene rings is 1. The van der Waals surface area contributed by atoms with Crippen LogP contribution in [0, 0.1) is 27.7 Å². The number of carbonyl (C=O) groups is 1. The Morgan fingerprint density at radius 1 is 1.12 bits per heavy atom. The molecule has 3 rings (SSSR count). The summed E-state index contributed by atoms with van der Waals surface area (Å²) in [7, 11) is -3.83. The van der Waals surface area contributed by atoms with E-state index in [1.807, 2.05) is 33.8 Å². The van der Waals surface area contributed by atoms with Gasteiger partial charge < -0.3 is 5.32 Å². The molecule has 1 aromatic heterocycles. The molecule has 25 heavy (non-hydrogen) atoms. The Labute approximate surface area is 147 Å². The summed E-state index contributed by atoms with van der Waals surface area (Å²) in [5.41, 5.74) is 4.18. The Hall–Kier alpha value is -2.41. The number of sulfonamides is 1. The van der Waals surface area contributed by atoms with E-state index in [0.29, 0.717) is 16.3 Å². The fraction of sp³-hybridized carbons (Fsp3) is 0.333. The summed E-state index contributed by atoms with van der Waals surface area (Å²) in [6.45, 7) is 7.53. The SMILES string of the molecule is Cc1cc(C)c(C)c(S(=O)(=O)N2CCC(=O)Nc3ccncc32)c1C. The molecule has 2 aromatic rings. The second-order valence-corrected chi connectivity index (χ2v) is 8.16. The van der Waals surface area contributed by atoms with Gasteiger partial charge in [-0.05, 0) is 56.0 Å². The third kappa shape index (κ3) is 2.89. The van der Waals surface area contributed by atoms with Gasteiger partial charge >= 0.3 is 0 Å². The van der Waals surface area contributed by atoms with Gasteiger partial charge in [0.05, 0.1) is 22.5 Å². The number of hydrogen-bond acceptors (Lipinski definition) is 4. The molecule has 132 valence electrons. The van der Waals surface area contributed by atoms with Gasteiger partial charge in [0, 0.05) is 19.2 Å². The molecule has 0 bridgehead atoms. The number of fused-ring (bicyclic) bond motifs is 1. The average molecular weight is 359 g/mol. The van der Waals surface area contributed by atoms with Crippen molar-refractivity contribution in [2.75, 3.05) is 16.2 Å². The number of anilines is 2. The van der Waals surface area contributed by atoms with E-state index in [1.165, 1.54) is 16.7 Å². The van der Waals surface area contributed by atoms with Gasteiger partial charge in [-0.2, -0.15) is 0 Å². The summed E-state index contributed by atoms with van der Waals surface area (Å²) in [6, 6.07) is 3.61. The zero-order chi connectivity index (χ0) is 18.4. The van der Waals surface area contributed by atoms with Crippen molar-refractivity contribution in [3.05, 3.63) is 46.8 Å². The van der Waals surface area contributed by atoms with Crippen LogP contribution < -0.4 is 9.62 Å². The molecule has 1 aliphatic rings. The van der Waals surface area contributed by atoms with Crippen LogP contribution in [0.3, 0.4) is 0 Å². The summed E-state index contributed by atoms with van der Waals surface area (Å²) in [5, 5.41) is 2.74. The quantitative estimate of drug-likeness (QED) is 0.894. The van der Waals surface area contributed by atoms with E-state index in [4.69, 9.17) is 0 Å². The maximum absolute atomic E-state index is 13.5. The van der Waals surface area contributed by atoms with Crippen molar-refractivity contribution < 1.29 is 13.2 Å². The molecule has 6 nitrogen and oxygen atoms in total. The van der Waals surface area contributed by atoms with Crippen LogP contribution in [-0.4, -0.2) is 25.9 Å². The van der Waals surface area contributed by atoms with Gasteiger partial charge in [-0.3, -0.25) is 14.1 Å². The lowest BCUT2D eigenvalue weighted by molar-refractivity contribution is -0.115. The second kappa shape index (κ2) is 6.15. The van der Waals surface area contributed by atoms with Gasteiger partial charge in [0.1, 0.15) is 0 Å². The van der Waals surface area contributed by atoms with Gasteiger partial charge in [0.25, 0.3) is 10.0 Å². The van der Waals surface area contributed by atoms with E-state index in [0.717, 1.165) is 22.3 Å². The molecule has 0 atom stereocenters. The van der Waals surface area contributed by atoms with Crippen molar-refractivity contribution in [2.45, 2.75) is 39.0 Å². The molecule has 0 saturated carbocycles. The number of nitrogens with one attached hydrogen (secondary N) is 1. The van der Waals surface area contributed by atoms with Crippen molar-refractivity contribution in [3.8, 4) is 0 Å². The number of nitrogens with zero attached hydrogens (tertiary/aromatic N) is 2. The minimum atomic E-state index is -3.83. The molecule has 2 heterocycles. The van der Waals surface area contributed by atoms with E-state index in [9.17, 15) is 13.2 Å². The predicted octanol–water partition coefficient (Wildman–Crippen LogP) is 2.85. The molecule has 0 unspecified atom stereocenters. The largest absolute Gasteiger partial charge is 0.324 e. The van der Waals surface area contributed by atoms with Gasteiger partial charge in [-0.1, -0.05) is 6.07 Å². The van der Waals surface area contributed by atoms with Crippen molar-refractivity contribution in [3.63, 3.8) is 0 Å². The average Bonchev–Trinajstić information content (AvgIpc) is 2.71. The van der Waals surface area contributed by atoms with Crippen molar-refractivity contribution in [1.29, 1.82) is 0 Å². The van der Waals surface area contributed by atoms with Crippen molar-refractivity contribution in [2.24, 2.45) is 0 Å². The molecular formula is C18H21N3O3S. The van der Waals surface area contributed by atoms with Crippen LogP contribution in [0.25, 0.3) is 0 Å². The predicted molar refractivity (Wildman–Crippen MR) is 97.4 cm³/mol. The van der Waals surface area contributed by atoms with Crippen LogP contribution >= 0.6 is 0 Å². The molecule has 1 amide bonds. The van der Waals surface area contributed by atoms with E-state index >= 15 is 0 Å².